The summed E-state index contributed by atoms with van der Waals surface area (Å²) in [6.07, 6.45) is -1.98. The number of morpholine rings is 1. The normalized spacial score (nSPS) is 21.0. The summed E-state index contributed by atoms with van der Waals surface area (Å²) in [6.45, 7) is 0.618. The number of halogens is 3. The summed E-state index contributed by atoms with van der Waals surface area (Å²) in [5.74, 6) is -0.0712. The van der Waals surface area contributed by atoms with Crippen LogP contribution in [0.2, 0.25) is 0 Å². The summed E-state index contributed by atoms with van der Waals surface area (Å²) in [5, 5.41) is 0. The van der Waals surface area contributed by atoms with Crippen LogP contribution in [0.1, 0.15) is 34.7 Å². The van der Waals surface area contributed by atoms with Gasteiger partial charge in [-0.05, 0) is 40.3 Å². The minimum absolute atomic E-state index is 0.0501. The van der Waals surface area contributed by atoms with Crippen LogP contribution in [0.3, 0.4) is 0 Å². The molecule has 1 aliphatic carbocycles. The molecule has 0 spiro atoms. The second-order valence-corrected chi connectivity index (χ2v) is 9.26. The lowest BCUT2D eigenvalue weighted by Gasteiger charge is -2.44. The minimum Gasteiger partial charge on any atom is -0.448 e. The first-order valence-corrected chi connectivity index (χ1v) is 11.9. The molecule has 6 rings (SSSR count). The Balaban J connectivity index is 1.24. The second-order valence-electron chi connectivity index (χ2n) is 9.26. The molecular weight excluding hydrogens is 469 g/mol. The largest absolute Gasteiger partial charge is 0.448 e. The molecule has 1 fully saturated rings. The topological polar surface area (TPSA) is 51.7 Å². The molecule has 0 saturated carbocycles. The lowest BCUT2D eigenvalue weighted by Crippen LogP contribution is -2.56. The summed E-state index contributed by atoms with van der Waals surface area (Å²) in [7, 11) is 0. The minimum atomic E-state index is -4.56. The summed E-state index contributed by atoms with van der Waals surface area (Å²) < 4.78 is 52.2. The Morgan fingerprint density at radius 2 is 1.64 bits per heavy atom. The van der Waals surface area contributed by atoms with E-state index in [2.05, 4.69) is 29.2 Å². The number of amides is 1. The molecular formula is C28H23F3N2O3. The molecule has 2 unspecified atom stereocenters. The molecule has 184 valence electrons. The lowest BCUT2D eigenvalue weighted by atomic mass is 9.89. The SMILES string of the molecule is O=C(OCC1c2ccccc2-c2ccccc21)N1C2C=C(c3cccnc3C(F)(F)F)CC1COC2. The highest BCUT2D eigenvalue weighted by Crippen LogP contribution is 2.45. The number of carbonyl (C=O) groups is 1. The highest BCUT2D eigenvalue weighted by atomic mass is 19.4. The first-order chi connectivity index (χ1) is 17.4. The summed E-state index contributed by atoms with van der Waals surface area (Å²) in [4.78, 5) is 18.5. The van der Waals surface area contributed by atoms with Crippen LogP contribution in [0.15, 0.2) is 72.9 Å². The van der Waals surface area contributed by atoms with Crippen LogP contribution in [0, 0.1) is 0 Å². The molecule has 2 aromatic carbocycles. The molecule has 1 amide bonds. The van der Waals surface area contributed by atoms with Crippen molar-refractivity contribution >= 4 is 11.7 Å². The van der Waals surface area contributed by atoms with Gasteiger partial charge in [0, 0.05) is 17.7 Å². The van der Waals surface area contributed by atoms with Gasteiger partial charge in [0.1, 0.15) is 6.61 Å². The van der Waals surface area contributed by atoms with E-state index in [1.807, 2.05) is 24.3 Å². The van der Waals surface area contributed by atoms with Gasteiger partial charge in [-0.3, -0.25) is 9.88 Å². The first kappa shape index (κ1) is 22.8. The van der Waals surface area contributed by atoms with Crippen LogP contribution in [-0.2, 0) is 15.7 Å². The number of fused-ring (bicyclic) bond motifs is 5. The van der Waals surface area contributed by atoms with Crippen LogP contribution in [0.5, 0.6) is 0 Å². The Morgan fingerprint density at radius 1 is 0.972 bits per heavy atom. The van der Waals surface area contributed by atoms with Crippen LogP contribution in [-0.4, -0.2) is 47.9 Å². The average Bonchev–Trinajstić information content (AvgIpc) is 3.20. The van der Waals surface area contributed by atoms with Gasteiger partial charge in [-0.25, -0.2) is 4.79 Å². The van der Waals surface area contributed by atoms with Crippen molar-refractivity contribution in [3.63, 3.8) is 0 Å². The van der Waals surface area contributed by atoms with Crippen molar-refractivity contribution in [2.45, 2.75) is 30.6 Å². The standard InChI is InChI=1S/C28H23F3N2O3/c29-28(30,31)26-20(10-5-11-32-26)17-12-18-14-35-15-19(13-17)33(18)27(34)36-16-25-23-8-3-1-6-21(23)22-7-2-4-9-24(22)25/h1-12,18-19,25H,13-16H2. The fraction of sp³-hybridized carbons (Fsp3) is 0.286. The zero-order valence-corrected chi connectivity index (χ0v) is 19.2. The second kappa shape index (κ2) is 8.78. The number of pyridine rings is 1. The number of nitrogens with zero attached hydrogens (tertiary/aromatic N) is 2. The fourth-order valence-electron chi connectivity index (χ4n) is 5.64. The number of benzene rings is 2. The molecule has 1 aromatic heterocycles. The molecule has 3 aliphatic rings. The van der Waals surface area contributed by atoms with Gasteiger partial charge < -0.3 is 9.47 Å². The first-order valence-electron chi connectivity index (χ1n) is 11.9. The van der Waals surface area contributed by atoms with Gasteiger partial charge in [0.25, 0.3) is 0 Å². The number of rotatable bonds is 3. The van der Waals surface area contributed by atoms with Gasteiger partial charge in [0.05, 0.1) is 25.3 Å². The highest BCUT2D eigenvalue weighted by molar-refractivity contribution is 5.79. The molecule has 2 aliphatic heterocycles. The number of ether oxygens (including phenoxy) is 2. The van der Waals surface area contributed by atoms with Crippen molar-refractivity contribution in [1.29, 1.82) is 0 Å². The van der Waals surface area contributed by atoms with E-state index in [-0.39, 0.29) is 37.7 Å². The molecule has 2 bridgehead atoms. The van der Waals surface area contributed by atoms with E-state index < -0.39 is 30.0 Å². The van der Waals surface area contributed by atoms with Gasteiger partial charge in [0.2, 0.25) is 0 Å². The molecule has 2 atom stereocenters. The molecule has 3 heterocycles. The fourth-order valence-corrected chi connectivity index (χ4v) is 5.64. The van der Waals surface area contributed by atoms with Crippen molar-refractivity contribution in [2.24, 2.45) is 0 Å². The zero-order chi connectivity index (χ0) is 24.9. The molecule has 8 heteroatoms. The number of hydrogen-bond donors (Lipinski definition) is 0. The molecule has 36 heavy (non-hydrogen) atoms. The van der Waals surface area contributed by atoms with Gasteiger partial charge in [-0.15, -0.1) is 0 Å². The van der Waals surface area contributed by atoms with Crippen molar-refractivity contribution < 1.29 is 27.4 Å². The van der Waals surface area contributed by atoms with E-state index in [4.69, 9.17) is 9.47 Å². The van der Waals surface area contributed by atoms with E-state index in [0.29, 0.717) is 5.57 Å². The molecule has 0 N–H and O–H groups in total. The monoisotopic (exact) mass is 492 g/mol. The Kier molecular flexibility index (Phi) is 5.56. The Morgan fingerprint density at radius 3 is 2.31 bits per heavy atom. The maximum absolute atomic E-state index is 13.6. The molecule has 3 aromatic rings. The van der Waals surface area contributed by atoms with Gasteiger partial charge in [-0.2, -0.15) is 13.2 Å². The third-order valence-electron chi connectivity index (χ3n) is 7.17. The maximum Gasteiger partial charge on any atom is 0.433 e. The summed E-state index contributed by atoms with van der Waals surface area (Å²) in [5.41, 5.74) is 4.18. The molecule has 5 nitrogen and oxygen atoms in total. The predicted octanol–water partition coefficient (Wildman–Crippen LogP) is 5.91. The number of alkyl halides is 3. The summed E-state index contributed by atoms with van der Waals surface area (Å²) in [6, 6.07) is 18.2. The van der Waals surface area contributed by atoms with Crippen LogP contribution in [0.25, 0.3) is 16.7 Å². The molecule has 1 saturated heterocycles. The van der Waals surface area contributed by atoms with E-state index in [1.54, 1.807) is 11.0 Å². The van der Waals surface area contributed by atoms with E-state index in [0.717, 1.165) is 28.5 Å². The quantitative estimate of drug-likeness (QED) is 0.457. The Hall–Kier alpha value is -3.65. The van der Waals surface area contributed by atoms with Gasteiger partial charge >= 0.3 is 12.3 Å². The van der Waals surface area contributed by atoms with Crippen LogP contribution in [0.4, 0.5) is 18.0 Å². The Labute approximate surface area is 206 Å². The Bertz CT molecular complexity index is 1310. The predicted molar refractivity (Wildman–Crippen MR) is 127 cm³/mol. The number of aromatic nitrogens is 1. The van der Waals surface area contributed by atoms with Crippen molar-refractivity contribution in [3.05, 3.63) is 95.3 Å². The third-order valence-corrected chi connectivity index (χ3v) is 7.17. The van der Waals surface area contributed by atoms with Crippen molar-refractivity contribution in [1.82, 2.24) is 9.88 Å². The van der Waals surface area contributed by atoms with Gasteiger partial charge in [0.15, 0.2) is 5.69 Å². The highest BCUT2D eigenvalue weighted by Gasteiger charge is 2.42. The van der Waals surface area contributed by atoms with Crippen LogP contribution >= 0.6 is 0 Å². The average molecular weight is 492 g/mol. The third kappa shape index (κ3) is 3.86. The number of hydrogen-bond acceptors (Lipinski definition) is 4. The maximum atomic E-state index is 13.6. The van der Waals surface area contributed by atoms with Gasteiger partial charge in [-0.1, -0.05) is 60.7 Å². The van der Waals surface area contributed by atoms with Crippen molar-refractivity contribution in [2.75, 3.05) is 19.8 Å². The number of carbonyl (C=O) groups excluding carboxylic acids is 1. The zero-order valence-electron chi connectivity index (χ0n) is 19.2. The van der Waals surface area contributed by atoms with E-state index >= 15 is 0 Å². The van der Waals surface area contributed by atoms with E-state index in [1.165, 1.54) is 12.1 Å². The van der Waals surface area contributed by atoms with E-state index in [9.17, 15) is 18.0 Å². The smallest absolute Gasteiger partial charge is 0.433 e. The molecule has 0 radical (unpaired) electrons. The lowest BCUT2D eigenvalue weighted by molar-refractivity contribution is -0.141. The van der Waals surface area contributed by atoms with Crippen molar-refractivity contribution in [3.8, 4) is 11.1 Å². The van der Waals surface area contributed by atoms with Crippen LogP contribution < -0.4 is 0 Å². The summed E-state index contributed by atoms with van der Waals surface area (Å²) >= 11 is 0.